The first-order chi connectivity index (χ1) is 7.13. The van der Waals surface area contributed by atoms with Crippen molar-refractivity contribution in [1.82, 2.24) is 0 Å². The first-order valence-corrected chi connectivity index (χ1v) is 6.51. The molecule has 0 amide bonds. The van der Waals surface area contributed by atoms with Crippen molar-refractivity contribution in [1.29, 1.82) is 0 Å². The Balaban J connectivity index is 2.35. The third-order valence-electron chi connectivity index (χ3n) is 2.71. The lowest BCUT2D eigenvalue weighted by Gasteiger charge is -2.09. The van der Waals surface area contributed by atoms with E-state index in [1.165, 1.54) is 19.3 Å². The predicted octanol–water partition coefficient (Wildman–Crippen LogP) is 4.70. The maximum atomic E-state index is 4.39. The molecule has 0 N–H and O–H groups in total. The van der Waals surface area contributed by atoms with Crippen LogP contribution in [0.4, 0.5) is 0 Å². The quantitative estimate of drug-likeness (QED) is 0.620. The zero-order valence-corrected chi connectivity index (χ0v) is 11.3. The Hall–Kier alpha value is -0.370. The minimum atomic E-state index is 0.524. The number of nitrogens with zero attached hydrogens (tertiary/aromatic N) is 1. The van der Waals surface area contributed by atoms with Gasteiger partial charge in [-0.05, 0) is 40.6 Å². The van der Waals surface area contributed by atoms with E-state index in [1.54, 1.807) is 0 Å². The van der Waals surface area contributed by atoms with Crippen molar-refractivity contribution in [2.75, 3.05) is 0 Å². The molecule has 0 spiro atoms. The molecule has 0 aromatic carbocycles. The van der Waals surface area contributed by atoms with Crippen LogP contribution in [0.2, 0.25) is 0 Å². The van der Waals surface area contributed by atoms with Crippen molar-refractivity contribution in [2.45, 2.75) is 39.5 Å². The Kier molecular flexibility index (Phi) is 5.30. The summed E-state index contributed by atoms with van der Waals surface area (Å²) in [6.45, 7) is 8.35. The van der Waals surface area contributed by atoms with E-state index in [0.717, 1.165) is 22.5 Å². The third-order valence-corrected chi connectivity index (χ3v) is 3.23. The van der Waals surface area contributed by atoms with Gasteiger partial charge in [-0.15, -0.1) is 0 Å². The zero-order valence-electron chi connectivity index (χ0n) is 9.67. The topological polar surface area (TPSA) is 12.4 Å². The second kappa shape index (κ2) is 6.26. The van der Waals surface area contributed by atoms with Crippen LogP contribution in [0, 0.1) is 11.8 Å². The summed E-state index contributed by atoms with van der Waals surface area (Å²) < 4.78 is 1.05. The number of aliphatic imine (C=N–C) groups is 1. The highest BCUT2D eigenvalue weighted by molar-refractivity contribution is 9.12. The highest BCUT2D eigenvalue weighted by Gasteiger charge is 2.24. The van der Waals surface area contributed by atoms with Crippen LogP contribution >= 0.6 is 15.9 Å². The summed E-state index contributed by atoms with van der Waals surface area (Å²) in [6, 6.07) is 0. The van der Waals surface area contributed by atoms with Crippen LogP contribution in [0.15, 0.2) is 27.8 Å². The fourth-order valence-electron chi connectivity index (χ4n) is 1.51. The van der Waals surface area contributed by atoms with Gasteiger partial charge in [-0.3, -0.25) is 4.99 Å². The molecule has 15 heavy (non-hydrogen) atoms. The SMILES string of the molecule is C=C(N=C/C(Br)=C\CC)C(C)CC1CC1. The average Bonchev–Trinajstić information content (AvgIpc) is 2.98. The van der Waals surface area contributed by atoms with Crippen LogP contribution in [0.25, 0.3) is 0 Å². The molecule has 1 unspecified atom stereocenters. The van der Waals surface area contributed by atoms with Gasteiger partial charge in [0, 0.05) is 16.4 Å². The Bertz CT molecular complexity index is 274. The molecule has 0 aromatic heterocycles. The van der Waals surface area contributed by atoms with Crippen LogP contribution in [0.3, 0.4) is 0 Å². The molecule has 1 nitrogen and oxygen atoms in total. The fraction of sp³-hybridized carbons (Fsp3) is 0.615. The van der Waals surface area contributed by atoms with E-state index in [0.29, 0.717) is 5.92 Å². The molecule has 1 saturated carbocycles. The predicted molar refractivity (Wildman–Crippen MR) is 71.4 cm³/mol. The van der Waals surface area contributed by atoms with Crippen LogP contribution in [0.5, 0.6) is 0 Å². The Morgan fingerprint density at radius 2 is 2.27 bits per heavy atom. The van der Waals surface area contributed by atoms with Gasteiger partial charge < -0.3 is 0 Å². The smallest absolute Gasteiger partial charge is 0.0410 e. The number of hydrogen-bond donors (Lipinski definition) is 0. The summed E-state index contributed by atoms with van der Waals surface area (Å²) >= 11 is 3.45. The van der Waals surface area contributed by atoms with Crippen molar-refractivity contribution in [3.63, 3.8) is 0 Å². The normalized spacial score (nSPS) is 19.5. The van der Waals surface area contributed by atoms with Gasteiger partial charge in [-0.1, -0.05) is 39.3 Å². The molecular weight excluding hydrogens is 250 g/mol. The highest BCUT2D eigenvalue weighted by Crippen LogP contribution is 2.36. The second-order valence-corrected chi connectivity index (χ2v) is 5.24. The van der Waals surface area contributed by atoms with Gasteiger partial charge in [0.15, 0.2) is 0 Å². The van der Waals surface area contributed by atoms with Gasteiger partial charge in [0.05, 0.1) is 0 Å². The summed E-state index contributed by atoms with van der Waals surface area (Å²) in [4.78, 5) is 4.39. The minimum absolute atomic E-state index is 0.524. The lowest BCUT2D eigenvalue weighted by molar-refractivity contribution is 0.561. The molecule has 1 fully saturated rings. The van der Waals surface area contributed by atoms with Crippen molar-refractivity contribution < 1.29 is 0 Å². The standard InChI is InChI=1S/C13H20BrN/c1-4-5-13(14)9-15-11(3)10(2)8-12-6-7-12/h5,9-10,12H,3-4,6-8H2,1-2H3/b13-5+,15-9?. The van der Waals surface area contributed by atoms with E-state index < -0.39 is 0 Å². The van der Waals surface area contributed by atoms with Crippen molar-refractivity contribution >= 4 is 22.1 Å². The van der Waals surface area contributed by atoms with Crippen LogP contribution < -0.4 is 0 Å². The van der Waals surface area contributed by atoms with Gasteiger partial charge in [0.2, 0.25) is 0 Å². The Morgan fingerprint density at radius 3 is 2.80 bits per heavy atom. The van der Waals surface area contributed by atoms with Gasteiger partial charge in [0.25, 0.3) is 0 Å². The molecule has 0 bridgehead atoms. The van der Waals surface area contributed by atoms with Crippen molar-refractivity contribution in [2.24, 2.45) is 16.8 Å². The third kappa shape index (κ3) is 5.31. The first kappa shape index (κ1) is 12.7. The molecule has 0 radical (unpaired) electrons. The van der Waals surface area contributed by atoms with Gasteiger partial charge in [-0.2, -0.15) is 0 Å². The molecule has 2 heteroatoms. The van der Waals surface area contributed by atoms with E-state index in [4.69, 9.17) is 0 Å². The molecular formula is C13H20BrN. The molecule has 0 heterocycles. The van der Waals surface area contributed by atoms with E-state index in [9.17, 15) is 0 Å². The molecule has 1 rings (SSSR count). The van der Waals surface area contributed by atoms with Gasteiger partial charge in [-0.25, -0.2) is 0 Å². The van der Waals surface area contributed by atoms with E-state index >= 15 is 0 Å². The van der Waals surface area contributed by atoms with Crippen molar-refractivity contribution in [3.8, 4) is 0 Å². The molecule has 0 aromatic rings. The molecule has 1 aliphatic rings. The van der Waals surface area contributed by atoms with Crippen LogP contribution in [0.1, 0.15) is 39.5 Å². The summed E-state index contributed by atoms with van der Waals surface area (Å²) in [6.07, 6.45) is 9.04. The van der Waals surface area contributed by atoms with E-state index in [2.05, 4.69) is 47.4 Å². The van der Waals surface area contributed by atoms with E-state index in [-0.39, 0.29) is 0 Å². The number of allylic oxidation sites excluding steroid dienone is 3. The highest BCUT2D eigenvalue weighted by atomic mass is 79.9. The minimum Gasteiger partial charge on any atom is -0.260 e. The van der Waals surface area contributed by atoms with E-state index in [1.807, 2.05) is 6.21 Å². The summed E-state index contributed by atoms with van der Waals surface area (Å²) in [7, 11) is 0. The largest absolute Gasteiger partial charge is 0.260 e. The Morgan fingerprint density at radius 1 is 1.60 bits per heavy atom. The Labute approximate surface area is 101 Å². The first-order valence-electron chi connectivity index (χ1n) is 5.72. The summed E-state index contributed by atoms with van der Waals surface area (Å²) in [5.74, 6) is 1.47. The second-order valence-electron chi connectivity index (χ2n) is 4.33. The molecule has 0 aliphatic heterocycles. The van der Waals surface area contributed by atoms with Gasteiger partial charge >= 0.3 is 0 Å². The number of rotatable bonds is 6. The number of hydrogen-bond acceptors (Lipinski definition) is 1. The summed E-state index contributed by atoms with van der Waals surface area (Å²) in [5, 5.41) is 0. The monoisotopic (exact) mass is 269 g/mol. The average molecular weight is 270 g/mol. The van der Waals surface area contributed by atoms with Crippen LogP contribution in [-0.2, 0) is 0 Å². The summed E-state index contributed by atoms with van der Waals surface area (Å²) in [5.41, 5.74) is 1.00. The lowest BCUT2D eigenvalue weighted by Crippen LogP contribution is -1.97. The lowest BCUT2D eigenvalue weighted by atomic mass is 10.0. The zero-order chi connectivity index (χ0) is 11.3. The number of halogens is 1. The van der Waals surface area contributed by atoms with Gasteiger partial charge in [0.1, 0.15) is 0 Å². The molecule has 0 saturated heterocycles. The maximum Gasteiger partial charge on any atom is 0.0410 e. The van der Waals surface area contributed by atoms with Crippen molar-refractivity contribution in [3.05, 3.63) is 22.8 Å². The maximum absolute atomic E-state index is 4.39. The molecule has 84 valence electrons. The molecule has 1 aliphatic carbocycles. The molecule has 1 atom stereocenters. The fourth-order valence-corrected chi connectivity index (χ4v) is 1.94. The van der Waals surface area contributed by atoms with Crippen LogP contribution in [-0.4, -0.2) is 6.21 Å².